The van der Waals surface area contributed by atoms with E-state index >= 15 is 0 Å². The molecule has 1 fully saturated rings. The first kappa shape index (κ1) is 14.5. The lowest BCUT2D eigenvalue weighted by molar-refractivity contribution is 0.0951. The number of aromatic nitrogens is 1. The number of benzene rings is 2. The van der Waals surface area contributed by atoms with E-state index in [4.69, 9.17) is 27.6 Å². The van der Waals surface area contributed by atoms with Crippen LogP contribution in [0.25, 0.3) is 22.6 Å². The molecule has 0 radical (unpaired) electrons. The largest absolute Gasteiger partial charge is 0.436 e. The van der Waals surface area contributed by atoms with Gasteiger partial charge >= 0.3 is 0 Å². The van der Waals surface area contributed by atoms with E-state index in [2.05, 4.69) is 10.3 Å². The third-order valence-corrected chi connectivity index (χ3v) is 4.11. The molecular formula is C17H12Cl2N2O2. The van der Waals surface area contributed by atoms with Crippen molar-refractivity contribution >= 4 is 40.2 Å². The molecular weight excluding hydrogens is 335 g/mol. The first-order valence-electron chi connectivity index (χ1n) is 7.26. The van der Waals surface area contributed by atoms with Crippen LogP contribution >= 0.6 is 23.2 Å². The van der Waals surface area contributed by atoms with Gasteiger partial charge in [-0.05, 0) is 49.2 Å². The standard InChI is InChI=1S/C17H12Cl2N2O2/c18-11-5-10(6-12(19)8-11)17-21-14-4-1-9(7-15(14)23-17)16(22)20-13-2-3-13/h1,4-8,13H,2-3H2,(H,20,22). The van der Waals surface area contributed by atoms with Gasteiger partial charge in [-0.1, -0.05) is 23.2 Å². The van der Waals surface area contributed by atoms with Crippen LogP contribution in [0.3, 0.4) is 0 Å². The van der Waals surface area contributed by atoms with Crippen molar-refractivity contribution in [3.63, 3.8) is 0 Å². The molecule has 2 aromatic carbocycles. The minimum Gasteiger partial charge on any atom is -0.436 e. The maximum atomic E-state index is 12.1. The van der Waals surface area contributed by atoms with Crippen molar-refractivity contribution in [3.8, 4) is 11.5 Å². The van der Waals surface area contributed by atoms with Gasteiger partial charge in [0.25, 0.3) is 5.91 Å². The van der Waals surface area contributed by atoms with E-state index < -0.39 is 0 Å². The topological polar surface area (TPSA) is 55.1 Å². The molecule has 4 nitrogen and oxygen atoms in total. The van der Waals surface area contributed by atoms with Crippen molar-refractivity contribution < 1.29 is 9.21 Å². The molecule has 3 aromatic rings. The summed E-state index contributed by atoms with van der Waals surface area (Å²) in [6.07, 6.45) is 2.10. The third-order valence-electron chi connectivity index (χ3n) is 3.67. The van der Waals surface area contributed by atoms with Crippen LogP contribution in [0.4, 0.5) is 0 Å². The molecule has 0 atom stereocenters. The molecule has 1 amide bonds. The highest BCUT2D eigenvalue weighted by atomic mass is 35.5. The monoisotopic (exact) mass is 346 g/mol. The van der Waals surface area contributed by atoms with E-state index in [9.17, 15) is 4.79 Å². The quantitative estimate of drug-likeness (QED) is 0.748. The second-order valence-electron chi connectivity index (χ2n) is 5.61. The number of hydrogen-bond donors (Lipinski definition) is 1. The number of nitrogens with zero attached hydrogens (tertiary/aromatic N) is 1. The highest BCUT2D eigenvalue weighted by molar-refractivity contribution is 6.35. The van der Waals surface area contributed by atoms with Gasteiger partial charge in [-0.3, -0.25) is 4.79 Å². The van der Waals surface area contributed by atoms with Crippen LogP contribution in [-0.2, 0) is 0 Å². The number of carbonyl (C=O) groups excluding carboxylic acids is 1. The van der Waals surface area contributed by atoms with Gasteiger partial charge in [0.05, 0.1) is 0 Å². The van der Waals surface area contributed by atoms with E-state index in [1.807, 2.05) is 0 Å². The summed E-state index contributed by atoms with van der Waals surface area (Å²) in [6.45, 7) is 0. The normalized spacial score (nSPS) is 14.2. The number of rotatable bonds is 3. The molecule has 6 heteroatoms. The molecule has 0 unspecified atom stereocenters. The Hall–Kier alpha value is -2.04. The summed E-state index contributed by atoms with van der Waals surface area (Å²) in [5.74, 6) is 0.335. The summed E-state index contributed by atoms with van der Waals surface area (Å²) < 4.78 is 5.77. The van der Waals surface area contributed by atoms with Gasteiger partial charge in [0.2, 0.25) is 5.89 Å². The van der Waals surface area contributed by atoms with Crippen molar-refractivity contribution in [1.29, 1.82) is 0 Å². The van der Waals surface area contributed by atoms with Gasteiger partial charge in [0.1, 0.15) is 5.52 Å². The maximum absolute atomic E-state index is 12.1. The Morgan fingerprint density at radius 1 is 1.13 bits per heavy atom. The molecule has 116 valence electrons. The van der Waals surface area contributed by atoms with Crippen molar-refractivity contribution in [2.75, 3.05) is 0 Å². The number of oxazole rings is 1. The first-order chi connectivity index (χ1) is 11.1. The van der Waals surface area contributed by atoms with Crippen LogP contribution in [0, 0.1) is 0 Å². The van der Waals surface area contributed by atoms with E-state index in [0.29, 0.717) is 44.2 Å². The second kappa shape index (κ2) is 5.55. The molecule has 1 aliphatic rings. The number of nitrogens with one attached hydrogen (secondary N) is 1. The van der Waals surface area contributed by atoms with Crippen molar-refractivity contribution in [3.05, 3.63) is 52.0 Å². The Morgan fingerprint density at radius 2 is 1.87 bits per heavy atom. The first-order valence-corrected chi connectivity index (χ1v) is 8.02. The van der Waals surface area contributed by atoms with E-state index in [-0.39, 0.29) is 5.91 Å². The fourth-order valence-corrected chi connectivity index (χ4v) is 2.89. The minimum atomic E-state index is -0.0850. The molecule has 0 saturated heterocycles. The Labute approximate surface area is 142 Å². The van der Waals surface area contributed by atoms with Gasteiger partial charge in [-0.2, -0.15) is 0 Å². The van der Waals surface area contributed by atoms with Crippen LogP contribution in [0.5, 0.6) is 0 Å². The van der Waals surface area contributed by atoms with Gasteiger partial charge in [-0.15, -0.1) is 0 Å². The molecule has 23 heavy (non-hydrogen) atoms. The molecule has 1 aromatic heterocycles. The minimum absolute atomic E-state index is 0.0850. The Morgan fingerprint density at radius 3 is 2.57 bits per heavy atom. The lowest BCUT2D eigenvalue weighted by Crippen LogP contribution is -2.25. The number of carbonyl (C=O) groups is 1. The van der Waals surface area contributed by atoms with E-state index in [0.717, 1.165) is 12.8 Å². The predicted molar refractivity (Wildman–Crippen MR) is 90.0 cm³/mol. The SMILES string of the molecule is O=C(NC1CC1)c1ccc2nc(-c3cc(Cl)cc(Cl)c3)oc2c1. The molecule has 4 rings (SSSR count). The van der Waals surface area contributed by atoms with Crippen LogP contribution in [0.2, 0.25) is 10.0 Å². The molecule has 0 spiro atoms. The zero-order chi connectivity index (χ0) is 16.0. The average molecular weight is 347 g/mol. The lowest BCUT2D eigenvalue weighted by Gasteiger charge is -2.02. The fourth-order valence-electron chi connectivity index (χ4n) is 2.36. The number of amides is 1. The molecule has 0 aliphatic heterocycles. The lowest BCUT2D eigenvalue weighted by atomic mass is 10.2. The Kier molecular flexibility index (Phi) is 3.51. The maximum Gasteiger partial charge on any atom is 0.251 e. The zero-order valence-corrected chi connectivity index (χ0v) is 13.5. The summed E-state index contributed by atoms with van der Waals surface area (Å²) in [4.78, 5) is 16.5. The highest BCUT2D eigenvalue weighted by Gasteiger charge is 2.24. The van der Waals surface area contributed by atoms with Crippen LogP contribution in [0.15, 0.2) is 40.8 Å². The van der Waals surface area contributed by atoms with Crippen molar-refractivity contribution in [1.82, 2.24) is 10.3 Å². The van der Waals surface area contributed by atoms with Gasteiger partial charge < -0.3 is 9.73 Å². The van der Waals surface area contributed by atoms with Crippen molar-refractivity contribution in [2.24, 2.45) is 0 Å². The summed E-state index contributed by atoms with van der Waals surface area (Å²) >= 11 is 12.0. The van der Waals surface area contributed by atoms with E-state index in [1.54, 1.807) is 36.4 Å². The number of hydrogen-bond acceptors (Lipinski definition) is 3. The smallest absolute Gasteiger partial charge is 0.251 e. The molecule has 1 saturated carbocycles. The number of halogens is 2. The highest BCUT2D eigenvalue weighted by Crippen LogP contribution is 2.29. The third kappa shape index (κ3) is 3.05. The van der Waals surface area contributed by atoms with Gasteiger partial charge in [0, 0.05) is 27.2 Å². The second-order valence-corrected chi connectivity index (χ2v) is 6.48. The van der Waals surface area contributed by atoms with Crippen LogP contribution in [0.1, 0.15) is 23.2 Å². The van der Waals surface area contributed by atoms with E-state index in [1.165, 1.54) is 0 Å². The van der Waals surface area contributed by atoms with Gasteiger partial charge in [0.15, 0.2) is 5.58 Å². The molecule has 1 N–H and O–H groups in total. The summed E-state index contributed by atoms with van der Waals surface area (Å²) in [6, 6.07) is 10.7. The molecule has 1 heterocycles. The zero-order valence-electron chi connectivity index (χ0n) is 12.0. The van der Waals surface area contributed by atoms with Crippen molar-refractivity contribution in [2.45, 2.75) is 18.9 Å². The number of fused-ring (bicyclic) bond motifs is 1. The summed E-state index contributed by atoms with van der Waals surface area (Å²) in [7, 11) is 0. The predicted octanol–water partition coefficient (Wildman–Crippen LogP) is 4.69. The molecule has 1 aliphatic carbocycles. The Balaban J connectivity index is 1.71. The molecule has 0 bridgehead atoms. The summed E-state index contributed by atoms with van der Waals surface area (Å²) in [5.41, 5.74) is 2.50. The average Bonchev–Trinajstić information content (AvgIpc) is 3.21. The summed E-state index contributed by atoms with van der Waals surface area (Å²) in [5, 5.41) is 3.98. The Bertz CT molecular complexity index is 896. The fraction of sp³-hybridized carbons (Fsp3) is 0.176. The van der Waals surface area contributed by atoms with Gasteiger partial charge in [-0.25, -0.2) is 4.98 Å². The van der Waals surface area contributed by atoms with Crippen LogP contribution < -0.4 is 5.32 Å². The van der Waals surface area contributed by atoms with Crippen LogP contribution in [-0.4, -0.2) is 16.9 Å².